The first-order valence-corrected chi connectivity index (χ1v) is 7.87. The Morgan fingerprint density at radius 1 is 1.24 bits per heavy atom. The highest BCUT2D eigenvalue weighted by molar-refractivity contribution is 5.61. The normalized spacial score (nSPS) is 17.9. The molecule has 2 aromatic rings. The summed E-state index contributed by atoms with van der Waals surface area (Å²) in [5.74, 6) is 2.01. The quantitative estimate of drug-likeness (QED) is 0.898. The lowest BCUT2D eigenvalue weighted by atomic mass is 9.83. The predicted molar refractivity (Wildman–Crippen MR) is 82.9 cm³/mol. The van der Waals surface area contributed by atoms with Crippen molar-refractivity contribution >= 4 is 0 Å². The molecular weight excluding hydrogens is 262 g/mol. The topological polar surface area (TPSA) is 46.3 Å². The minimum absolute atomic E-state index is 0.373. The second-order valence-corrected chi connectivity index (χ2v) is 6.10. The number of aryl methyl sites for hydroxylation is 2. The maximum Gasteiger partial charge on any atom is 0.136 e. The third kappa shape index (κ3) is 2.88. The summed E-state index contributed by atoms with van der Waals surface area (Å²) in [5, 5.41) is 10.7. The van der Waals surface area contributed by atoms with E-state index in [4.69, 9.17) is 4.42 Å². The molecule has 1 aliphatic rings. The SMILES string of the molecule is Cc1ncccc1-c1cc(C(O)C2CCCCC2)c(C)o1. The molecule has 0 saturated heterocycles. The zero-order chi connectivity index (χ0) is 14.8. The van der Waals surface area contributed by atoms with Crippen LogP contribution in [0.1, 0.15) is 55.2 Å². The minimum Gasteiger partial charge on any atom is -0.461 e. The van der Waals surface area contributed by atoms with Crippen molar-refractivity contribution in [2.24, 2.45) is 5.92 Å². The van der Waals surface area contributed by atoms with Gasteiger partial charge in [-0.2, -0.15) is 0 Å². The van der Waals surface area contributed by atoms with Gasteiger partial charge in [-0.15, -0.1) is 0 Å². The Hall–Kier alpha value is -1.61. The molecule has 3 rings (SSSR count). The van der Waals surface area contributed by atoms with Gasteiger partial charge in [0.2, 0.25) is 0 Å². The summed E-state index contributed by atoms with van der Waals surface area (Å²) in [7, 11) is 0. The van der Waals surface area contributed by atoms with Gasteiger partial charge in [0.15, 0.2) is 0 Å². The second kappa shape index (κ2) is 6.02. The van der Waals surface area contributed by atoms with Crippen LogP contribution in [-0.4, -0.2) is 10.1 Å². The Bertz CT molecular complexity index is 611. The van der Waals surface area contributed by atoms with E-state index in [1.165, 1.54) is 19.3 Å². The molecule has 0 spiro atoms. The molecule has 0 radical (unpaired) electrons. The third-order valence-electron chi connectivity index (χ3n) is 4.64. The van der Waals surface area contributed by atoms with Crippen molar-refractivity contribution in [3.63, 3.8) is 0 Å². The molecule has 0 bridgehead atoms. The van der Waals surface area contributed by atoms with E-state index in [0.717, 1.165) is 41.2 Å². The molecule has 2 aromatic heterocycles. The molecule has 2 heterocycles. The highest BCUT2D eigenvalue weighted by atomic mass is 16.3. The van der Waals surface area contributed by atoms with Crippen LogP contribution in [0.15, 0.2) is 28.8 Å². The van der Waals surface area contributed by atoms with Crippen LogP contribution in [0.4, 0.5) is 0 Å². The molecule has 1 N–H and O–H groups in total. The number of pyridine rings is 1. The van der Waals surface area contributed by atoms with Crippen LogP contribution in [0, 0.1) is 19.8 Å². The lowest BCUT2D eigenvalue weighted by molar-refractivity contribution is 0.0835. The number of aliphatic hydroxyl groups excluding tert-OH is 1. The Labute approximate surface area is 126 Å². The Kier molecular flexibility index (Phi) is 4.11. The first-order chi connectivity index (χ1) is 10.2. The molecule has 0 aliphatic heterocycles. The number of rotatable bonds is 3. The average molecular weight is 285 g/mol. The van der Waals surface area contributed by atoms with E-state index < -0.39 is 6.10 Å². The Morgan fingerprint density at radius 2 is 2.00 bits per heavy atom. The van der Waals surface area contributed by atoms with Crippen molar-refractivity contribution in [3.05, 3.63) is 41.4 Å². The van der Waals surface area contributed by atoms with Crippen molar-refractivity contribution in [3.8, 4) is 11.3 Å². The smallest absolute Gasteiger partial charge is 0.136 e. The second-order valence-electron chi connectivity index (χ2n) is 6.10. The molecule has 21 heavy (non-hydrogen) atoms. The molecular formula is C18H23NO2. The van der Waals surface area contributed by atoms with Gasteiger partial charge in [0.1, 0.15) is 11.5 Å². The van der Waals surface area contributed by atoms with E-state index in [0.29, 0.717) is 5.92 Å². The van der Waals surface area contributed by atoms with E-state index in [-0.39, 0.29) is 0 Å². The van der Waals surface area contributed by atoms with Crippen LogP contribution in [0.2, 0.25) is 0 Å². The lowest BCUT2D eigenvalue weighted by Crippen LogP contribution is -2.16. The molecule has 1 unspecified atom stereocenters. The first kappa shape index (κ1) is 14.3. The molecule has 1 aliphatic carbocycles. The van der Waals surface area contributed by atoms with Crippen molar-refractivity contribution < 1.29 is 9.52 Å². The van der Waals surface area contributed by atoms with Crippen molar-refractivity contribution in [1.29, 1.82) is 0 Å². The van der Waals surface area contributed by atoms with Crippen LogP contribution in [0.5, 0.6) is 0 Å². The lowest BCUT2D eigenvalue weighted by Gasteiger charge is -2.26. The average Bonchev–Trinajstić information content (AvgIpc) is 2.89. The number of aromatic nitrogens is 1. The molecule has 0 aromatic carbocycles. The Balaban J connectivity index is 1.89. The molecule has 0 amide bonds. The van der Waals surface area contributed by atoms with Gasteiger partial charge < -0.3 is 9.52 Å². The van der Waals surface area contributed by atoms with Crippen LogP contribution in [0.25, 0.3) is 11.3 Å². The monoisotopic (exact) mass is 285 g/mol. The Morgan fingerprint density at radius 3 is 2.71 bits per heavy atom. The first-order valence-electron chi connectivity index (χ1n) is 7.87. The van der Waals surface area contributed by atoms with Gasteiger partial charge >= 0.3 is 0 Å². The van der Waals surface area contributed by atoms with E-state index in [1.54, 1.807) is 6.20 Å². The standard InChI is InChI=1S/C18H23NO2/c1-12-15(9-6-10-19-12)17-11-16(13(2)21-17)18(20)14-7-4-3-5-8-14/h6,9-11,14,18,20H,3-5,7-8H2,1-2H3. The number of nitrogens with zero attached hydrogens (tertiary/aromatic N) is 1. The molecule has 112 valence electrons. The molecule has 1 saturated carbocycles. The van der Waals surface area contributed by atoms with Gasteiger partial charge in [-0.1, -0.05) is 19.3 Å². The fourth-order valence-corrected chi connectivity index (χ4v) is 3.37. The number of furan rings is 1. The number of aliphatic hydroxyl groups is 1. The summed E-state index contributed by atoms with van der Waals surface area (Å²) in [6.45, 7) is 3.92. The summed E-state index contributed by atoms with van der Waals surface area (Å²) in [4.78, 5) is 4.31. The summed E-state index contributed by atoms with van der Waals surface area (Å²) >= 11 is 0. The molecule has 1 atom stereocenters. The highest BCUT2D eigenvalue weighted by Gasteiger charge is 2.26. The van der Waals surface area contributed by atoms with Crippen molar-refractivity contribution in [1.82, 2.24) is 4.98 Å². The zero-order valence-corrected chi connectivity index (χ0v) is 12.8. The maximum atomic E-state index is 10.7. The number of hydrogen-bond donors (Lipinski definition) is 1. The van der Waals surface area contributed by atoms with Crippen LogP contribution >= 0.6 is 0 Å². The number of hydrogen-bond acceptors (Lipinski definition) is 3. The largest absolute Gasteiger partial charge is 0.461 e. The summed E-state index contributed by atoms with van der Waals surface area (Å²) in [6, 6.07) is 5.92. The molecule has 3 heteroatoms. The van der Waals surface area contributed by atoms with Gasteiger partial charge in [-0.25, -0.2) is 0 Å². The summed E-state index contributed by atoms with van der Waals surface area (Å²) in [6.07, 6.45) is 7.38. The van der Waals surface area contributed by atoms with Gasteiger partial charge in [-0.05, 0) is 50.8 Å². The van der Waals surface area contributed by atoms with Crippen LogP contribution in [0.3, 0.4) is 0 Å². The zero-order valence-electron chi connectivity index (χ0n) is 12.8. The maximum absolute atomic E-state index is 10.7. The van der Waals surface area contributed by atoms with E-state index >= 15 is 0 Å². The molecule has 3 nitrogen and oxygen atoms in total. The van der Waals surface area contributed by atoms with Crippen molar-refractivity contribution in [2.45, 2.75) is 52.1 Å². The summed E-state index contributed by atoms with van der Waals surface area (Å²) in [5.41, 5.74) is 2.90. The minimum atomic E-state index is -0.403. The van der Waals surface area contributed by atoms with Gasteiger partial charge in [0.25, 0.3) is 0 Å². The van der Waals surface area contributed by atoms with Crippen LogP contribution in [-0.2, 0) is 0 Å². The summed E-state index contributed by atoms with van der Waals surface area (Å²) < 4.78 is 5.89. The van der Waals surface area contributed by atoms with E-state index in [2.05, 4.69) is 4.98 Å². The third-order valence-corrected chi connectivity index (χ3v) is 4.64. The molecule has 1 fully saturated rings. The fraction of sp³-hybridized carbons (Fsp3) is 0.500. The predicted octanol–water partition coefficient (Wildman–Crippen LogP) is 4.57. The fourth-order valence-electron chi connectivity index (χ4n) is 3.37. The van der Waals surface area contributed by atoms with Gasteiger partial charge in [0, 0.05) is 23.0 Å². The van der Waals surface area contributed by atoms with Crippen LogP contribution < -0.4 is 0 Å². The van der Waals surface area contributed by atoms with Crippen molar-refractivity contribution in [2.75, 3.05) is 0 Å². The van der Waals surface area contributed by atoms with E-state index in [9.17, 15) is 5.11 Å². The highest BCUT2D eigenvalue weighted by Crippen LogP contribution is 2.38. The van der Waals surface area contributed by atoms with Gasteiger partial charge in [-0.3, -0.25) is 4.98 Å². The van der Waals surface area contributed by atoms with E-state index in [1.807, 2.05) is 32.0 Å². The van der Waals surface area contributed by atoms with Gasteiger partial charge in [0.05, 0.1) is 6.10 Å².